The third-order valence-corrected chi connectivity index (χ3v) is 4.72. The molecule has 0 saturated carbocycles. The van der Waals surface area contributed by atoms with Crippen LogP contribution in [0.25, 0.3) is 0 Å². The molecule has 0 aliphatic carbocycles. The first-order chi connectivity index (χ1) is 12.1. The van der Waals surface area contributed by atoms with Gasteiger partial charge in [-0.15, -0.1) is 11.8 Å². The number of nitrogens with zero attached hydrogens (tertiary/aromatic N) is 1. The molecule has 4 heteroatoms. The van der Waals surface area contributed by atoms with Crippen LogP contribution in [0.5, 0.6) is 0 Å². The van der Waals surface area contributed by atoms with Crippen molar-refractivity contribution in [2.75, 3.05) is 4.90 Å². The Morgan fingerprint density at radius 3 is 1.64 bits per heavy atom. The van der Waals surface area contributed by atoms with Gasteiger partial charge in [0.1, 0.15) is 0 Å². The van der Waals surface area contributed by atoms with Crippen molar-refractivity contribution in [1.29, 1.82) is 0 Å². The van der Waals surface area contributed by atoms with E-state index in [2.05, 4.69) is 13.8 Å². The quantitative estimate of drug-likeness (QED) is 0.571. The summed E-state index contributed by atoms with van der Waals surface area (Å²) in [6.45, 7) is 4.30. The maximum atomic E-state index is 12.6. The number of amides is 2. The standard InChI is InChI=1S/C21H19NO2S/c1-15(2)25-17-11-5-3-9-16(10-4-6-12-17)22-20(23)18-13-7-8-14-19(18)21(22)24/h3-15H,1-2H3. The molecule has 2 aromatic carbocycles. The lowest BCUT2D eigenvalue weighted by Crippen LogP contribution is -2.29. The molecular weight excluding hydrogens is 330 g/mol. The average Bonchev–Trinajstić information content (AvgIpc) is 2.85. The molecule has 0 aromatic heterocycles. The molecule has 1 aliphatic heterocycles. The summed E-state index contributed by atoms with van der Waals surface area (Å²) in [7, 11) is 0. The maximum absolute atomic E-state index is 12.6. The minimum absolute atomic E-state index is 0.280. The summed E-state index contributed by atoms with van der Waals surface area (Å²) in [6.07, 6.45) is 0. The normalized spacial score (nSPS) is 13.0. The van der Waals surface area contributed by atoms with Crippen LogP contribution in [-0.4, -0.2) is 17.1 Å². The third kappa shape index (κ3) is 3.74. The summed E-state index contributed by atoms with van der Waals surface area (Å²) in [5.74, 6) is -0.560. The van der Waals surface area contributed by atoms with E-state index >= 15 is 0 Å². The highest BCUT2D eigenvalue weighted by atomic mass is 32.2. The summed E-state index contributed by atoms with van der Waals surface area (Å²) in [5.41, 5.74) is 1.46. The van der Waals surface area contributed by atoms with Gasteiger partial charge in [-0.3, -0.25) is 9.59 Å². The van der Waals surface area contributed by atoms with Gasteiger partial charge < -0.3 is 0 Å². The molecule has 0 fully saturated rings. The first kappa shape index (κ1) is 17.2. The summed E-state index contributed by atoms with van der Waals surface area (Å²) in [6, 6.07) is 22.1. The smallest absolute Gasteiger partial charge is 0.266 e. The predicted octanol–water partition coefficient (Wildman–Crippen LogP) is 5.11. The van der Waals surface area contributed by atoms with E-state index in [1.165, 1.54) is 4.90 Å². The zero-order valence-electron chi connectivity index (χ0n) is 14.2. The lowest BCUT2D eigenvalue weighted by Gasteiger charge is -2.12. The van der Waals surface area contributed by atoms with Crippen molar-refractivity contribution in [3.63, 3.8) is 0 Å². The van der Waals surface area contributed by atoms with Crippen molar-refractivity contribution in [2.24, 2.45) is 0 Å². The number of rotatable bonds is 3. The Morgan fingerprint density at radius 2 is 1.16 bits per heavy atom. The number of thioether (sulfide) groups is 1. The monoisotopic (exact) mass is 349 g/mol. The van der Waals surface area contributed by atoms with E-state index in [1.54, 1.807) is 48.2 Å². The minimum Gasteiger partial charge on any atom is -0.268 e. The molecule has 2 amide bonds. The van der Waals surface area contributed by atoms with Crippen molar-refractivity contribution < 1.29 is 9.59 Å². The molecule has 0 N–H and O–H groups in total. The molecule has 3 nitrogen and oxygen atoms in total. The molecule has 1 heterocycles. The van der Waals surface area contributed by atoms with Crippen LogP contribution in [0.2, 0.25) is 0 Å². The van der Waals surface area contributed by atoms with E-state index in [0.717, 1.165) is 4.90 Å². The lowest BCUT2D eigenvalue weighted by atomic mass is 10.1. The Kier molecular flexibility index (Phi) is 5.19. The Bertz CT molecular complexity index is 812. The lowest BCUT2D eigenvalue weighted by molar-refractivity contribution is 0.0926. The van der Waals surface area contributed by atoms with Crippen LogP contribution in [0.1, 0.15) is 34.6 Å². The molecule has 2 aromatic rings. The average molecular weight is 349 g/mol. The Hall–Kier alpha value is -2.59. The van der Waals surface area contributed by atoms with Crippen LogP contribution in [0, 0.1) is 0 Å². The van der Waals surface area contributed by atoms with Crippen LogP contribution in [0.15, 0.2) is 77.7 Å². The van der Waals surface area contributed by atoms with Gasteiger partial charge in [0.25, 0.3) is 11.8 Å². The molecule has 0 radical (unpaired) electrons. The number of anilines is 1. The molecule has 0 bridgehead atoms. The number of benzene rings is 1. The number of hydrogen-bond donors (Lipinski definition) is 0. The van der Waals surface area contributed by atoms with Crippen molar-refractivity contribution in [3.05, 3.63) is 83.9 Å². The molecule has 1 aliphatic rings. The molecule has 25 heavy (non-hydrogen) atoms. The minimum atomic E-state index is -0.280. The molecule has 126 valence electrons. The van der Waals surface area contributed by atoms with Crippen LogP contribution in [-0.2, 0) is 0 Å². The van der Waals surface area contributed by atoms with Gasteiger partial charge in [-0.05, 0) is 36.4 Å². The Morgan fingerprint density at radius 1 is 0.720 bits per heavy atom. The zero-order valence-corrected chi connectivity index (χ0v) is 15.0. The number of fused-ring (bicyclic) bond motifs is 1. The zero-order chi connectivity index (χ0) is 17.8. The molecule has 0 atom stereocenters. The van der Waals surface area contributed by atoms with Gasteiger partial charge in [-0.2, -0.15) is 0 Å². The van der Waals surface area contributed by atoms with E-state index in [-0.39, 0.29) is 11.8 Å². The number of imide groups is 1. The number of hydrogen-bond acceptors (Lipinski definition) is 3. The van der Waals surface area contributed by atoms with E-state index in [9.17, 15) is 9.59 Å². The van der Waals surface area contributed by atoms with Crippen LogP contribution < -0.4 is 4.90 Å². The van der Waals surface area contributed by atoms with Gasteiger partial charge in [-0.25, -0.2) is 4.90 Å². The van der Waals surface area contributed by atoms with Crippen molar-refractivity contribution in [2.45, 2.75) is 24.0 Å². The van der Waals surface area contributed by atoms with Crippen molar-refractivity contribution >= 4 is 29.3 Å². The number of carbonyl (C=O) groups excluding carboxylic acids is 2. The van der Waals surface area contributed by atoms with Crippen molar-refractivity contribution in [3.8, 4) is 0 Å². The van der Waals surface area contributed by atoms with E-state index in [0.29, 0.717) is 22.1 Å². The van der Waals surface area contributed by atoms with Gasteiger partial charge >= 0.3 is 0 Å². The van der Waals surface area contributed by atoms with Gasteiger partial charge in [0.2, 0.25) is 0 Å². The molecule has 0 saturated heterocycles. The fourth-order valence-corrected chi connectivity index (χ4v) is 3.50. The molecule has 3 rings (SSSR count). The van der Waals surface area contributed by atoms with Gasteiger partial charge in [-0.1, -0.05) is 50.2 Å². The van der Waals surface area contributed by atoms with E-state index < -0.39 is 0 Å². The molecule has 0 spiro atoms. The first-order valence-electron chi connectivity index (χ1n) is 8.16. The maximum Gasteiger partial charge on any atom is 0.266 e. The summed E-state index contributed by atoms with van der Waals surface area (Å²) in [5, 5.41) is 0.501. The van der Waals surface area contributed by atoms with Gasteiger partial charge in [0, 0.05) is 10.1 Å². The fourth-order valence-electron chi connectivity index (χ4n) is 2.64. The number of carbonyl (C=O) groups is 2. The highest BCUT2D eigenvalue weighted by Gasteiger charge is 2.35. The fraction of sp³-hybridized carbons (Fsp3) is 0.143. The summed E-state index contributed by atoms with van der Waals surface area (Å²) < 4.78 is 0. The van der Waals surface area contributed by atoms with Gasteiger partial charge in [0.15, 0.2) is 0 Å². The molecule has 0 unspecified atom stereocenters. The van der Waals surface area contributed by atoms with E-state index in [1.807, 2.05) is 36.4 Å². The largest absolute Gasteiger partial charge is 0.268 e. The Balaban J connectivity index is 1.98. The van der Waals surface area contributed by atoms with Crippen LogP contribution >= 0.6 is 11.8 Å². The second-order valence-corrected chi connectivity index (χ2v) is 7.57. The highest BCUT2D eigenvalue weighted by molar-refractivity contribution is 7.99. The summed E-state index contributed by atoms with van der Waals surface area (Å²) >= 11 is 1.78. The highest BCUT2D eigenvalue weighted by Crippen LogP contribution is 2.27. The van der Waals surface area contributed by atoms with Crippen molar-refractivity contribution in [1.82, 2.24) is 0 Å². The van der Waals surface area contributed by atoms with E-state index in [4.69, 9.17) is 0 Å². The second-order valence-electron chi connectivity index (χ2n) is 5.92. The summed E-state index contributed by atoms with van der Waals surface area (Å²) in [4.78, 5) is 27.6. The Labute approximate surface area is 152 Å². The van der Waals surface area contributed by atoms with Gasteiger partial charge in [0.05, 0.1) is 16.8 Å². The predicted molar refractivity (Wildman–Crippen MR) is 103 cm³/mol. The van der Waals surface area contributed by atoms with Crippen LogP contribution in [0.3, 0.4) is 0 Å². The first-order valence-corrected chi connectivity index (χ1v) is 9.04. The topological polar surface area (TPSA) is 37.4 Å². The third-order valence-electron chi connectivity index (χ3n) is 3.70. The van der Waals surface area contributed by atoms with Crippen LogP contribution in [0.4, 0.5) is 5.69 Å². The molecular formula is C21H19NO2S. The second kappa shape index (κ2) is 7.53. The SMILES string of the molecule is CC(C)Sc1ccccc(N2C(=O)c3ccccc3C2=O)cccc1.